The van der Waals surface area contributed by atoms with Crippen molar-refractivity contribution in [2.75, 3.05) is 13.2 Å². The summed E-state index contributed by atoms with van der Waals surface area (Å²) >= 11 is 0. The van der Waals surface area contributed by atoms with Gasteiger partial charge in [0.2, 0.25) is 11.8 Å². The summed E-state index contributed by atoms with van der Waals surface area (Å²) in [5, 5.41) is 8.46. The number of amides is 2. The zero-order valence-corrected chi connectivity index (χ0v) is 5.99. The Labute approximate surface area is 63.8 Å². The SMILES string of the molecule is N[C@H]1CC(=O)N(CCO)C1=O. The lowest BCUT2D eigenvalue weighted by atomic mass is 10.3. The number of aliphatic hydroxyl groups excluding tert-OH is 1. The smallest absolute Gasteiger partial charge is 0.246 e. The Hall–Kier alpha value is -0.940. The van der Waals surface area contributed by atoms with Crippen LogP contribution in [0.2, 0.25) is 0 Å². The van der Waals surface area contributed by atoms with Gasteiger partial charge in [0.25, 0.3) is 0 Å². The van der Waals surface area contributed by atoms with Gasteiger partial charge in [0, 0.05) is 0 Å². The minimum Gasteiger partial charge on any atom is -0.395 e. The molecule has 1 aliphatic rings. The lowest BCUT2D eigenvalue weighted by molar-refractivity contribution is -0.139. The van der Waals surface area contributed by atoms with E-state index in [1.54, 1.807) is 0 Å². The minimum absolute atomic E-state index is 0.0609. The molecule has 5 nitrogen and oxygen atoms in total. The van der Waals surface area contributed by atoms with E-state index in [0.29, 0.717) is 0 Å². The molecule has 0 spiro atoms. The summed E-state index contributed by atoms with van der Waals surface area (Å²) in [6, 6.07) is -0.700. The first kappa shape index (κ1) is 8.16. The number of aliphatic hydroxyl groups is 1. The molecule has 1 aliphatic heterocycles. The van der Waals surface area contributed by atoms with Gasteiger partial charge in [-0.2, -0.15) is 0 Å². The quantitative estimate of drug-likeness (QED) is 0.458. The lowest BCUT2D eigenvalue weighted by Crippen LogP contribution is -2.36. The second-order valence-corrected chi connectivity index (χ2v) is 2.42. The Balaban J connectivity index is 2.64. The Kier molecular flexibility index (Phi) is 2.21. The van der Waals surface area contributed by atoms with Gasteiger partial charge in [0.05, 0.1) is 25.6 Å². The monoisotopic (exact) mass is 158 g/mol. The Bertz CT molecular complexity index is 192. The maximum Gasteiger partial charge on any atom is 0.246 e. The van der Waals surface area contributed by atoms with Gasteiger partial charge in [0.15, 0.2) is 0 Å². The molecule has 0 aromatic rings. The number of β-amino-alcohol motifs (C(OH)–C–C–N with tert-alkyl or cyclic N) is 1. The van der Waals surface area contributed by atoms with Crippen LogP contribution < -0.4 is 5.73 Å². The molecular weight excluding hydrogens is 148 g/mol. The van der Waals surface area contributed by atoms with E-state index in [9.17, 15) is 9.59 Å². The predicted molar refractivity (Wildman–Crippen MR) is 36.4 cm³/mol. The fourth-order valence-corrected chi connectivity index (χ4v) is 1.04. The van der Waals surface area contributed by atoms with Crippen LogP contribution in [0.5, 0.6) is 0 Å². The summed E-state index contributed by atoms with van der Waals surface area (Å²) in [4.78, 5) is 22.9. The van der Waals surface area contributed by atoms with Gasteiger partial charge in [-0.05, 0) is 0 Å². The first-order valence-electron chi connectivity index (χ1n) is 3.37. The van der Waals surface area contributed by atoms with Crippen LogP contribution >= 0.6 is 0 Å². The van der Waals surface area contributed by atoms with Gasteiger partial charge in [0.1, 0.15) is 0 Å². The molecule has 3 N–H and O–H groups in total. The zero-order chi connectivity index (χ0) is 8.43. The third-order valence-electron chi connectivity index (χ3n) is 1.60. The average molecular weight is 158 g/mol. The number of carbonyl (C=O) groups excluding carboxylic acids is 2. The Morgan fingerprint density at radius 2 is 2.27 bits per heavy atom. The Morgan fingerprint density at radius 1 is 1.64 bits per heavy atom. The molecule has 11 heavy (non-hydrogen) atoms. The molecule has 1 saturated heterocycles. The summed E-state index contributed by atoms with van der Waals surface area (Å²) in [7, 11) is 0. The number of hydrogen-bond acceptors (Lipinski definition) is 4. The van der Waals surface area contributed by atoms with Crippen molar-refractivity contribution in [1.29, 1.82) is 0 Å². The second kappa shape index (κ2) is 2.98. The van der Waals surface area contributed by atoms with Crippen molar-refractivity contribution < 1.29 is 14.7 Å². The summed E-state index contributed by atoms with van der Waals surface area (Å²) < 4.78 is 0. The van der Waals surface area contributed by atoms with E-state index in [4.69, 9.17) is 10.8 Å². The van der Waals surface area contributed by atoms with Gasteiger partial charge in [-0.3, -0.25) is 14.5 Å². The molecule has 0 bridgehead atoms. The van der Waals surface area contributed by atoms with Gasteiger partial charge >= 0.3 is 0 Å². The van der Waals surface area contributed by atoms with Crippen molar-refractivity contribution in [3.8, 4) is 0 Å². The van der Waals surface area contributed by atoms with Crippen LogP contribution in [0.4, 0.5) is 0 Å². The lowest BCUT2D eigenvalue weighted by Gasteiger charge is -2.10. The molecule has 0 aromatic carbocycles. The van der Waals surface area contributed by atoms with Crippen LogP contribution in [0, 0.1) is 0 Å². The number of nitrogens with two attached hydrogens (primary N) is 1. The fourth-order valence-electron chi connectivity index (χ4n) is 1.04. The number of likely N-dealkylation sites (tertiary alicyclic amines) is 1. The van der Waals surface area contributed by atoms with E-state index in [1.165, 1.54) is 0 Å². The molecule has 0 radical (unpaired) electrons. The molecule has 0 aromatic heterocycles. The van der Waals surface area contributed by atoms with Crippen LogP contribution in [-0.2, 0) is 9.59 Å². The third kappa shape index (κ3) is 1.38. The minimum atomic E-state index is -0.700. The molecule has 0 saturated carbocycles. The molecule has 1 fully saturated rings. The van der Waals surface area contributed by atoms with Crippen molar-refractivity contribution in [2.45, 2.75) is 12.5 Å². The molecule has 1 rings (SSSR count). The van der Waals surface area contributed by atoms with Gasteiger partial charge < -0.3 is 10.8 Å². The number of nitrogens with zero attached hydrogens (tertiary/aromatic N) is 1. The van der Waals surface area contributed by atoms with Gasteiger partial charge in [-0.1, -0.05) is 0 Å². The molecule has 2 amide bonds. The number of imide groups is 1. The topological polar surface area (TPSA) is 83.6 Å². The zero-order valence-electron chi connectivity index (χ0n) is 5.99. The average Bonchev–Trinajstić information content (AvgIpc) is 2.17. The molecule has 1 atom stereocenters. The van der Waals surface area contributed by atoms with E-state index in [1.807, 2.05) is 0 Å². The summed E-state index contributed by atoms with van der Waals surface area (Å²) in [5.74, 6) is -0.680. The molecular formula is C6H10N2O3. The number of rotatable bonds is 2. The van der Waals surface area contributed by atoms with Crippen LogP contribution in [0.3, 0.4) is 0 Å². The largest absolute Gasteiger partial charge is 0.395 e. The van der Waals surface area contributed by atoms with E-state index >= 15 is 0 Å². The van der Waals surface area contributed by atoms with E-state index in [-0.39, 0.29) is 31.4 Å². The van der Waals surface area contributed by atoms with Crippen molar-refractivity contribution >= 4 is 11.8 Å². The van der Waals surface area contributed by atoms with Gasteiger partial charge in [-0.15, -0.1) is 0 Å². The van der Waals surface area contributed by atoms with E-state index in [2.05, 4.69) is 0 Å². The van der Waals surface area contributed by atoms with Crippen molar-refractivity contribution in [2.24, 2.45) is 5.73 Å². The molecule has 0 aliphatic carbocycles. The van der Waals surface area contributed by atoms with Crippen LogP contribution in [-0.4, -0.2) is 41.0 Å². The third-order valence-corrected chi connectivity index (χ3v) is 1.60. The standard InChI is InChI=1S/C6H10N2O3/c7-4-3-5(10)8(1-2-9)6(4)11/h4,9H,1-3,7H2/t4-/m0/s1. The summed E-state index contributed by atoms with van der Waals surface area (Å²) in [6.45, 7) is -0.143. The number of hydrogen-bond donors (Lipinski definition) is 2. The van der Waals surface area contributed by atoms with Crippen LogP contribution in [0.15, 0.2) is 0 Å². The van der Waals surface area contributed by atoms with E-state index < -0.39 is 6.04 Å². The second-order valence-electron chi connectivity index (χ2n) is 2.42. The predicted octanol–water partition coefficient (Wildman–Crippen LogP) is -1.94. The first-order valence-corrected chi connectivity index (χ1v) is 3.37. The summed E-state index contributed by atoms with van der Waals surface area (Å²) in [6.07, 6.45) is 0.0683. The van der Waals surface area contributed by atoms with Crippen molar-refractivity contribution in [3.63, 3.8) is 0 Å². The van der Waals surface area contributed by atoms with Crippen LogP contribution in [0.1, 0.15) is 6.42 Å². The molecule has 62 valence electrons. The molecule has 0 unspecified atom stereocenters. The summed E-state index contributed by atoms with van der Waals surface area (Å²) in [5.41, 5.74) is 5.30. The van der Waals surface area contributed by atoms with E-state index in [0.717, 1.165) is 4.90 Å². The maximum absolute atomic E-state index is 11.0. The highest BCUT2D eigenvalue weighted by Gasteiger charge is 2.35. The molecule has 1 heterocycles. The normalized spacial score (nSPS) is 24.9. The van der Waals surface area contributed by atoms with Gasteiger partial charge in [-0.25, -0.2) is 0 Å². The first-order chi connectivity index (χ1) is 5.16. The Morgan fingerprint density at radius 3 is 2.64 bits per heavy atom. The highest BCUT2D eigenvalue weighted by atomic mass is 16.3. The van der Waals surface area contributed by atoms with Crippen molar-refractivity contribution in [3.05, 3.63) is 0 Å². The van der Waals surface area contributed by atoms with Crippen LogP contribution in [0.25, 0.3) is 0 Å². The van der Waals surface area contributed by atoms with Crippen molar-refractivity contribution in [1.82, 2.24) is 4.90 Å². The highest BCUT2D eigenvalue weighted by Crippen LogP contribution is 2.09. The fraction of sp³-hybridized carbons (Fsp3) is 0.667. The highest BCUT2D eigenvalue weighted by molar-refractivity contribution is 6.05. The molecule has 5 heteroatoms. The maximum atomic E-state index is 11.0. The number of carbonyl (C=O) groups is 2.